The number of hydrogen-bond donors (Lipinski definition) is 1. The molecule has 2 aromatic carbocycles. The number of halogens is 1. The van der Waals surface area contributed by atoms with Gasteiger partial charge < -0.3 is 10.0 Å². The largest absolute Gasteiger partial charge is 0.387 e. The van der Waals surface area contributed by atoms with Gasteiger partial charge in [0.1, 0.15) is 5.82 Å². The van der Waals surface area contributed by atoms with E-state index in [1.54, 1.807) is 23.1 Å². The number of β-amino-alcohol motifs (C(OH)–C–C–N with tert-alkyl or cyclic N) is 1. The van der Waals surface area contributed by atoms with Gasteiger partial charge in [-0.1, -0.05) is 31.2 Å². The molecule has 0 bridgehead atoms. The molecule has 1 amide bonds. The molecule has 0 radical (unpaired) electrons. The fourth-order valence-electron chi connectivity index (χ4n) is 3.94. The lowest BCUT2D eigenvalue weighted by Gasteiger charge is -2.26. The van der Waals surface area contributed by atoms with Crippen molar-refractivity contribution in [1.82, 2.24) is 4.90 Å². The minimum atomic E-state index is -0.732. The van der Waals surface area contributed by atoms with Crippen LogP contribution < -0.4 is 0 Å². The van der Waals surface area contributed by atoms with Gasteiger partial charge in [-0.05, 0) is 54.2 Å². The van der Waals surface area contributed by atoms with E-state index in [4.69, 9.17) is 0 Å². The number of benzene rings is 2. The summed E-state index contributed by atoms with van der Waals surface area (Å²) in [6, 6.07) is 13.7. The molecule has 1 aliphatic carbocycles. The van der Waals surface area contributed by atoms with Crippen LogP contribution in [-0.2, 0) is 0 Å². The lowest BCUT2D eigenvalue weighted by atomic mass is 9.88. The molecule has 2 aromatic rings. The Balaban J connectivity index is 1.57. The normalized spacial score (nSPS) is 26.0. The van der Waals surface area contributed by atoms with Crippen LogP contribution in [0.1, 0.15) is 30.1 Å². The number of carbonyl (C=O) groups excluding carboxylic acids is 1. The van der Waals surface area contributed by atoms with Gasteiger partial charge >= 0.3 is 0 Å². The molecule has 3 nitrogen and oxygen atoms in total. The highest BCUT2D eigenvalue weighted by molar-refractivity contribution is 5.95. The van der Waals surface area contributed by atoms with E-state index >= 15 is 0 Å². The topological polar surface area (TPSA) is 40.5 Å². The van der Waals surface area contributed by atoms with Crippen molar-refractivity contribution in [3.8, 4) is 11.1 Å². The Morgan fingerprint density at radius 3 is 2.56 bits per heavy atom. The number of hydrogen-bond acceptors (Lipinski definition) is 2. The quantitative estimate of drug-likeness (QED) is 0.926. The number of nitrogens with zero attached hydrogens (tertiary/aromatic N) is 1. The first-order valence-electron chi connectivity index (χ1n) is 8.85. The van der Waals surface area contributed by atoms with Gasteiger partial charge in [0.2, 0.25) is 0 Å². The van der Waals surface area contributed by atoms with Gasteiger partial charge in [-0.3, -0.25) is 4.79 Å². The predicted octanol–water partition coefficient (Wildman–Crippen LogP) is 3.73. The third kappa shape index (κ3) is 2.95. The number of rotatable bonds is 3. The van der Waals surface area contributed by atoms with Crippen LogP contribution in [0, 0.1) is 17.7 Å². The van der Waals surface area contributed by atoms with Crippen molar-refractivity contribution in [2.45, 2.75) is 25.4 Å². The summed E-state index contributed by atoms with van der Waals surface area (Å²) in [7, 11) is 0. The van der Waals surface area contributed by atoms with Crippen molar-refractivity contribution < 1.29 is 14.3 Å². The Labute approximate surface area is 147 Å². The van der Waals surface area contributed by atoms with E-state index in [0.29, 0.717) is 24.6 Å². The molecule has 1 saturated heterocycles. The lowest BCUT2D eigenvalue weighted by Crippen LogP contribution is -2.40. The molecule has 0 aromatic heterocycles. The summed E-state index contributed by atoms with van der Waals surface area (Å²) in [4.78, 5) is 14.7. The summed E-state index contributed by atoms with van der Waals surface area (Å²) < 4.78 is 13.1. The third-order valence-electron chi connectivity index (χ3n) is 5.65. The fraction of sp³-hybridized carbons (Fsp3) is 0.381. The Morgan fingerprint density at radius 2 is 1.88 bits per heavy atom. The van der Waals surface area contributed by atoms with E-state index in [-0.39, 0.29) is 17.6 Å². The first-order valence-corrected chi connectivity index (χ1v) is 8.85. The van der Waals surface area contributed by atoms with Crippen molar-refractivity contribution in [1.29, 1.82) is 0 Å². The first kappa shape index (κ1) is 16.3. The SMILES string of the molecule is CC1CN(C(=O)c2cccc(-c3ccc(F)cc3)c2)CC1(O)C1CC1. The number of likely N-dealkylation sites (tertiary alicyclic amines) is 1. The van der Waals surface area contributed by atoms with E-state index in [0.717, 1.165) is 24.0 Å². The number of aliphatic hydroxyl groups is 1. The summed E-state index contributed by atoms with van der Waals surface area (Å²) in [6.45, 7) is 3.03. The molecule has 4 rings (SSSR count). The van der Waals surface area contributed by atoms with Crippen LogP contribution in [0.25, 0.3) is 11.1 Å². The van der Waals surface area contributed by atoms with Crippen LogP contribution in [-0.4, -0.2) is 34.6 Å². The second kappa shape index (κ2) is 5.95. The van der Waals surface area contributed by atoms with Gasteiger partial charge in [0.15, 0.2) is 0 Å². The molecular weight excluding hydrogens is 317 g/mol. The van der Waals surface area contributed by atoms with Gasteiger partial charge in [-0.15, -0.1) is 0 Å². The molecule has 2 aliphatic rings. The van der Waals surface area contributed by atoms with Crippen LogP contribution >= 0.6 is 0 Å². The molecule has 130 valence electrons. The third-order valence-corrected chi connectivity index (χ3v) is 5.65. The molecule has 2 atom stereocenters. The summed E-state index contributed by atoms with van der Waals surface area (Å²) in [6.07, 6.45) is 2.12. The molecule has 1 saturated carbocycles. The van der Waals surface area contributed by atoms with Gasteiger partial charge in [-0.2, -0.15) is 0 Å². The van der Waals surface area contributed by atoms with Crippen molar-refractivity contribution >= 4 is 5.91 Å². The van der Waals surface area contributed by atoms with E-state index in [9.17, 15) is 14.3 Å². The van der Waals surface area contributed by atoms with Gasteiger partial charge in [0.25, 0.3) is 5.91 Å². The maximum Gasteiger partial charge on any atom is 0.253 e. The Bertz CT molecular complexity index is 800. The van der Waals surface area contributed by atoms with Crippen molar-refractivity contribution in [2.24, 2.45) is 11.8 Å². The van der Waals surface area contributed by atoms with E-state index in [1.807, 2.05) is 25.1 Å². The number of carbonyl (C=O) groups is 1. The maximum absolute atomic E-state index is 13.1. The summed E-state index contributed by atoms with van der Waals surface area (Å²) in [5.41, 5.74) is 1.63. The van der Waals surface area contributed by atoms with Crippen LogP contribution in [0.5, 0.6) is 0 Å². The smallest absolute Gasteiger partial charge is 0.253 e. The van der Waals surface area contributed by atoms with Gasteiger partial charge in [-0.25, -0.2) is 4.39 Å². The molecule has 1 heterocycles. The van der Waals surface area contributed by atoms with Crippen LogP contribution in [0.4, 0.5) is 4.39 Å². The molecule has 0 spiro atoms. The van der Waals surface area contributed by atoms with Gasteiger partial charge in [0.05, 0.1) is 12.1 Å². The molecule has 4 heteroatoms. The highest BCUT2D eigenvalue weighted by atomic mass is 19.1. The Kier molecular flexibility index (Phi) is 3.88. The minimum Gasteiger partial charge on any atom is -0.387 e. The second-order valence-corrected chi connectivity index (χ2v) is 7.44. The average molecular weight is 339 g/mol. The standard InChI is InChI=1S/C21H22FNO2/c1-14-12-23(13-21(14,25)18-7-8-18)20(24)17-4-2-3-16(11-17)15-5-9-19(22)10-6-15/h2-6,9-11,14,18,25H,7-8,12-13H2,1H3. The van der Waals surface area contributed by atoms with Crippen LogP contribution in [0.3, 0.4) is 0 Å². The minimum absolute atomic E-state index is 0.0487. The van der Waals surface area contributed by atoms with Crippen LogP contribution in [0.2, 0.25) is 0 Å². The van der Waals surface area contributed by atoms with Gasteiger partial charge in [0, 0.05) is 18.0 Å². The first-order chi connectivity index (χ1) is 12.0. The molecule has 25 heavy (non-hydrogen) atoms. The van der Waals surface area contributed by atoms with Crippen molar-refractivity contribution in [2.75, 3.05) is 13.1 Å². The van der Waals surface area contributed by atoms with Crippen LogP contribution in [0.15, 0.2) is 48.5 Å². The molecular formula is C21H22FNO2. The second-order valence-electron chi connectivity index (χ2n) is 7.44. The van der Waals surface area contributed by atoms with Crippen molar-refractivity contribution in [3.05, 3.63) is 59.9 Å². The molecule has 1 N–H and O–H groups in total. The summed E-state index contributed by atoms with van der Waals surface area (Å²) in [5, 5.41) is 10.9. The monoisotopic (exact) mass is 339 g/mol. The lowest BCUT2D eigenvalue weighted by molar-refractivity contribution is -0.00364. The van der Waals surface area contributed by atoms with Crippen molar-refractivity contribution in [3.63, 3.8) is 0 Å². The summed E-state index contributed by atoms with van der Waals surface area (Å²) in [5.74, 6) is 0.115. The maximum atomic E-state index is 13.1. The zero-order valence-corrected chi connectivity index (χ0v) is 14.3. The highest BCUT2D eigenvalue weighted by Crippen LogP contribution is 2.47. The summed E-state index contributed by atoms with van der Waals surface area (Å²) >= 11 is 0. The average Bonchev–Trinajstić information content (AvgIpc) is 3.42. The highest BCUT2D eigenvalue weighted by Gasteiger charge is 2.53. The van der Waals surface area contributed by atoms with E-state index < -0.39 is 5.60 Å². The Hall–Kier alpha value is -2.20. The molecule has 2 fully saturated rings. The van der Waals surface area contributed by atoms with E-state index in [2.05, 4.69) is 0 Å². The zero-order valence-electron chi connectivity index (χ0n) is 14.3. The predicted molar refractivity (Wildman–Crippen MR) is 94.6 cm³/mol. The molecule has 2 unspecified atom stereocenters. The number of amides is 1. The Morgan fingerprint density at radius 1 is 1.16 bits per heavy atom. The zero-order chi connectivity index (χ0) is 17.6. The molecule has 1 aliphatic heterocycles. The van der Waals surface area contributed by atoms with E-state index in [1.165, 1.54) is 12.1 Å². The fourth-order valence-corrected chi connectivity index (χ4v) is 3.94.